The van der Waals surface area contributed by atoms with Gasteiger partial charge in [0.05, 0.1) is 17.9 Å². The second-order valence-corrected chi connectivity index (χ2v) is 5.78. The van der Waals surface area contributed by atoms with E-state index in [0.29, 0.717) is 5.92 Å². The van der Waals surface area contributed by atoms with Gasteiger partial charge in [-0.15, -0.1) is 0 Å². The Morgan fingerprint density at radius 2 is 2.24 bits per heavy atom. The fraction of sp³-hybridized carbons (Fsp3) is 0.929. The monoisotopic (exact) mass is 237 g/mol. The Kier molecular flexibility index (Phi) is 4.43. The van der Waals surface area contributed by atoms with Crippen LogP contribution in [0.4, 0.5) is 0 Å². The van der Waals surface area contributed by atoms with Gasteiger partial charge in [0.25, 0.3) is 0 Å². The first kappa shape index (κ1) is 12.9. The van der Waals surface area contributed by atoms with Crippen LogP contribution in [-0.2, 0) is 0 Å². The van der Waals surface area contributed by atoms with E-state index in [1.165, 1.54) is 44.4 Å². The first-order valence-electron chi connectivity index (χ1n) is 7.29. The molecule has 0 bridgehead atoms. The fourth-order valence-electron chi connectivity index (χ4n) is 2.87. The Labute approximate surface area is 105 Å². The summed E-state index contributed by atoms with van der Waals surface area (Å²) in [5.74, 6) is 1.89. The molecule has 0 aromatic rings. The zero-order chi connectivity index (χ0) is 12.1. The first-order chi connectivity index (χ1) is 8.26. The number of unbranched alkanes of at least 4 members (excludes halogenated alkanes) is 3. The van der Waals surface area contributed by atoms with Crippen LogP contribution in [0, 0.1) is 5.92 Å². The maximum absolute atomic E-state index is 4.74. The molecule has 2 rings (SSSR count). The minimum Gasteiger partial charge on any atom is -0.365 e. The molecule has 98 valence electrons. The second-order valence-electron chi connectivity index (χ2n) is 5.78. The standard InChI is InChI=1S/C14H27N3/c1-3-4-5-6-7-12(2)13-16-11-14(17-13)8-9-15-10-14/h12,15H,3-11H2,1-2H3,(H,16,17). The number of nitrogens with one attached hydrogen (secondary N) is 2. The zero-order valence-corrected chi connectivity index (χ0v) is 11.4. The van der Waals surface area contributed by atoms with Crippen LogP contribution in [0.25, 0.3) is 0 Å². The highest BCUT2D eigenvalue weighted by atomic mass is 15.2. The maximum atomic E-state index is 4.74. The fourth-order valence-corrected chi connectivity index (χ4v) is 2.87. The molecule has 0 amide bonds. The van der Waals surface area contributed by atoms with Crippen LogP contribution in [-0.4, -0.2) is 31.0 Å². The topological polar surface area (TPSA) is 36.4 Å². The van der Waals surface area contributed by atoms with Gasteiger partial charge < -0.3 is 10.6 Å². The molecule has 0 aromatic carbocycles. The molecule has 0 aliphatic carbocycles. The van der Waals surface area contributed by atoms with E-state index >= 15 is 0 Å². The molecule has 3 heteroatoms. The summed E-state index contributed by atoms with van der Waals surface area (Å²) in [5, 5.41) is 7.13. The number of amidine groups is 1. The lowest BCUT2D eigenvalue weighted by Gasteiger charge is -2.24. The maximum Gasteiger partial charge on any atom is 0.0998 e. The predicted molar refractivity (Wildman–Crippen MR) is 73.6 cm³/mol. The molecule has 2 heterocycles. The van der Waals surface area contributed by atoms with Gasteiger partial charge in [-0.25, -0.2) is 0 Å². The van der Waals surface area contributed by atoms with Crippen molar-refractivity contribution in [3.8, 4) is 0 Å². The average Bonchev–Trinajstić information content (AvgIpc) is 2.96. The van der Waals surface area contributed by atoms with Crippen LogP contribution >= 0.6 is 0 Å². The molecular formula is C14H27N3. The van der Waals surface area contributed by atoms with Crippen molar-refractivity contribution in [2.45, 2.75) is 57.9 Å². The van der Waals surface area contributed by atoms with Gasteiger partial charge in [-0.1, -0.05) is 39.5 Å². The van der Waals surface area contributed by atoms with Crippen molar-refractivity contribution >= 4 is 5.84 Å². The first-order valence-corrected chi connectivity index (χ1v) is 7.29. The van der Waals surface area contributed by atoms with Gasteiger partial charge in [0, 0.05) is 12.5 Å². The van der Waals surface area contributed by atoms with Gasteiger partial charge in [-0.3, -0.25) is 4.99 Å². The van der Waals surface area contributed by atoms with Crippen molar-refractivity contribution in [1.82, 2.24) is 10.6 Å². The molecular weight excluding hydrogens is 210 g/mol. The molecule has 2 N–H and O–H groups in total. The van der Waals surface area contributed by atoms with Crippen molar-refractivity contribution in [2.75, 3.05) is 19.6 Å². The molecule has 2 aliphatic heterocycles. The largest absolute Gasteiger partial charge is 0.365 e. The third-order valence-corrected chi connectivity index (χ3v) is 4.15. The SMILES string of the molecule is CCCCCCC(C)C1=NCC2(CCNC2)N1. The minimum absolute atomic E-state index is 0.271. The minimum atomic E-state index is 0.271. The number of aliphatic imine (C=N–C) groups is 1. The molecule has 2 aliphatic rings. The average molecular weight is 237 g/mol. The van der Waals surface area contributed by atoms with Gasteiger partial charge >= 0.3 is 0 Å². The van der Waals surface area contributed by atoms with E-state index in [4.69, 9.17) is 4.99 Å². The zero-order valence-electron chi connectivity index (χ0n) is 11.4. The molecule has 0 aromatic heterocycles. The lowest BCUT2D eigenvalue weighted by Crippen LogP contribution is -2.48. The lowest BCUT2D eigenvalue weighted by molar-refractivity contribution is 0.448. The number of hydrogen-bond donors (Lipinski definition) is 2. The van der Waals surface area contributed by atoms with Crippen LogP contribution in [0.2, 0.25) is 0 Å². The highest BCUT2D eigenvalue weighted by Crippen LogP contribution is 2.23. The Morgan fingerprint density at radius 1 is 1.35 bits per heavy atom. The molecule has 0 radical (unpaired) electrons. The summed E-state index contributed by atoms with van der Waals surface area (Å²) >= 11 is 0. The van der Waals surface area contributed by atoms with Crippen LogP contribution in [0.15, 0.2) is 4.99 Å². The van der Waals surface area contributed by atoms with Gasteiger partial charge in [-0.2, -0.15) is 0 Å². The molecule has 17 heavy (non-hydrogen) atoms. The smallest absolute Gasteiger partial charge is 0.0998 e. The summed E-state index contributed by atoms with van der Waals surface area (Å²) in [6.45, 7) is 7.79. The normalized spacial score (nSPS) is 29.4. The van der Waals surface area contributed by atoms with Crippen LogP contribution in [0.3, 0.4) is 0 Å². The predicted octanol–water partition coefficient (Wildman–Crippen LogP) is 2.33. The quantitative estimate of drug-likeness (QED) is 0.696. The summed E-state index contributed by atoms with van der Waals surface area (Å²) in [7, 11) is 0. The molecule has 1 saturated heterocycles. The third-order valence-electron chi connectivity index (χ3n) is 4.15. The summed E-state index contributed by atoms with van der Waals surface area (Å²) < 4.78 is 0. The van der Waals surface area contributed by atoms with Crippen molar-refractivity contribution in [1.29, 1.82) is 0 Å². The highest BCUT2D eigenvalue weighted by Gasteiger charge is 2.38. The van der Waals surface area contributed by atoms with Gasteiger partial charge in [0.1, 0.15) is 0 Å². The Bertz CT molecular complexity index is 267. The van der Waals surface area contributed by atoms with Crippen molar-refractivity contribution in [3.63, 3.8) is 0 Å². The van der Waals surface area contributed by atoms with E-state index in [0.717, 1.165) is 19.6 Å². The molecule has 1 spiro atoms. The Hall–Kier alpha value is -0.570. The summed E-state index contributed by atoms with van der Waals surface area (Å²) in [6.07, 6.45) is 7.93. The molecule has 1 fully saturated rings. The summed E-state index contributed by atoms with van der Waals surface area (Å²) in [6, 6.07) is 0. The van der Waals surface area contributed by atoms with Crippen molar-refractivity contribution in [2.24, 2.45) is 10.9 Å². The highest BCUT2D eigenvalue weighted by molar-refractivity contribution is 5.86. The van der Waals surface area contributed by atoms with Gasteiger partial charge in [0.15, 0.2) is 0 Å². The summed E-state index contributed by atoms with van der Waals surface area (Å²) in [5.41, 5.74) is 0.271. The summed E-state index contributed by atoms with van der Waals surface area (Å²) in [4.78, 5) is 4.74. The Balaban J connectivity index is 1.71. The third kappa shape index (κ3) is 3.21. The molecule has 2 unspecified atom stereocenters. The Morgan fingerprint density at radius 3 is 2.94 bits per heavy atom. The van der Waals surface area contributed by atoms with E-state index in [9.17, 15) is 0 Å². The van der Waals surface area contributed by atoms with E-state index in [1.54, 1.807) is 0 Å². The van der Waals surface area contributed by atoms with Crippen molar-refractivity contribution < 1.29 is 0 Å². The van der Waals surface area contributed by atoms with Crippen LogP contribution in [0.5, 0.6) is 0 Å². The van der Waals surface area contributed by atoms with E-state index in [-0.39, 0.29) is 5.54 Å². The van der Waals surface area contributed by atoms with Gasteiger partial charge in [0.2, 0.25) is 0 Å². The molecule has 0 saturated carbocycles. The van der Waals surface area contributed by atoms with E-state index in [1.807, 2.05) is 0 Å². The van der Waals surface area contributed by atoms with E-state index in [2.05, 4.69) is 24.5 Å². The van der Waals surface area contributed by atoms with Crippen LogP contribution in [0.1, 0.15) is 52.4 Å². The number of nitrogens with zero attached hydrogens (tertiary/aromatic N) is 1. The van der Waals surface area contributed by atoms with Crippen LogP contribution < -0.4 is 10.6 Å². The molecule has 2 atom stereocenters. The number of rotatable bonds is 6. The second kappa shape index (κ2) is 5.85. The van der Waals surface area contributed by atoms with E-state index < -0.39 is 0 Å². The number of hydrogen-bond acceptors (Lipinski definition) is 3. The van der Waals surface area contributed by atoms with Crippen molar-refractivity contribution in [3.05, 3.63) is 0 Å². The lowest BCUT2D eigenvalue weighted by atomic mass is 9.98. The molecule has 3 nitrogen and oxygen atoms in total. The van der Waals surface area contributed by atoms with Gasteiger partial charge in [-0.05, 0) is 19.4 Å².